The third-order valence-electron chi connectivity index (χ3n) is 3.43. The summed E-state index contributed by atoms with van der Waals surface area (Å²) < 4.78 is 5.45. The zero-order valence-corrected chi connectivity index (χ0v) is 13.1. The van der Waals surface area contributed by atoms with Crippen LogP contribution in [-0.2, 0) is 4.74 Å². The summed E-state index contributed by atoms with van der Waals surface area (Å²) in [5.74, 6) is 6.30. The van der Waals surface area contributed by atoms with Crippen LogP contribution in [-0.4, -0.2) is 49.3 Å². The zero-order valence-electron chi connectivity index (χ0n) is 12.3. The average molecular weight is 307 g/mol. The Balaban J connectivity index is 1.91. The predicted octanol–water partition coefficient (Wildman–Crippen LogP) is 1.98. The van der Waals surface area contributed by atoms with Gasteiger partial charge in [-0.05, 0) is 24.8 Å². The number of aliphatic hydroxyl groups is 1. The average Bonchev–Trinajstić information content (AvgIpc) is 2.96. The van der Waals surface area contributed by atoms with Gasteiger partial charge in [0.2, 0.25) is 0 Å². The van der Waals surface area contributed by atoms with Crippen molar-refractivity contribution in [2.24, 2.45) is 5.92 Å². The largest absolute Gasteiger partial charge is 0.395 e. The molecule has 1 aromatic heterocycles. The Bertz CT molecular complexity index is 523. The van der Waals surface area contributed by atoms with Crippen molar-refractivity contribution in [3.8, 4) is 11.8 Å². The van der Waals surface area contributed by atoms with Crippen molar-refractivity contribution in [1.29, 1.82) is 0 Å². The lowest BCUT2D eigenvalue weighted by atomic mass is 10.0. The Morgan fingerprint density at radius 1 is 1.62 bits per heavy atom. The minimum atomic E-state index is 0.0343. The Morgan fingerprint density at radius 3 is 3.19 bits per heavy atom. The number of carbonyl (C=O) groups excluding carboxylic acids is 1. The molecule has 1 unspecified atom stereocenters. The summed E-state index contributed by atoms with van der Waals surface area (Å²) in [7, 11) is 1.84. The summed E-state index contributed by atoms with van der Waals surface area (Å²) in [5, 5.41) is 10.5. The minimum Gasteiger partial charge on any atom is -0.395 e. The first-order valence-electron chi connectivity index (χ1n) is 7.22. The highest BCUT2D eigenvalue weighted by Crippen LogP contribution is 2.18. The molecule has 0 saturated carbocycles. The number of carbonyl (C=O) groups is 1. The first-order chi connectivity index (χ1) is 10.2. The van der Waals surface area contributed by atoms with Crippen LogP contribution in [0.15, 0.2) is 11.4 Å². The first-order valence-corrected chi connectivity index (χ1v) is 8.10. The number of ether oxygens (including phenoxy) is 1. The maximum Gasteiger partial charge on any atom is 0.254 e. The number of amides is 1. The third kappa shape index (κ3) is 4.85. The SMILES string of the molecule is CN(CC1CCCOC1)C(=O)c1csc(C#CCCO)c1. The number of hydrogen-bond acceptors (Lipinski definition) is 4. The molecule has 114 valence electrons. The maximum atomic E-state index is 12.4. The van der Waals surface area contributed by atoms with Crippen molar-refractivity contribution in [2.75, 3.05) is 33.4 Å². The third-order valence-corrected chi connectivity index (χ3v) is 4.27. The standard InChI is InChI=1S/C16H21NO3S/c1-17(10-13-5-4-8-20-11-13)16(19)14-9-15(21-12-14)6-2-3-7-18/h9,12-13,18H,3-5,7-8,10-11H2,1H3. The highest BCUT2D eigenvalue weighted by atomic mass is 32.1. The van der Waals surface area contributed by atoms with E-state index in [-0.39, 0.29) is 12.5 Å². The van der Waals surface area contributed by atoms with Crippen molar-refractivity contribution < 1.29 is 14.6 Å². The molecule has 1 saturated heterocycles. The number of nitrogens with zero attached hydrogens (tertiary/aromatic N) is 1. The molecule has 1 atom stereocenters. The smallest absolute Gasteiger partial charge is 0.254 e. The van der Waals surface area contributed by atoms with E-state index in [2.05, 4.69) is 11.8 Å². The van der Waals surface area contributed by atoms with Gasteiger partial charge in [-0.3, -0.25) is 4.79 Å². The summed E-state index contributed by atoms with van der Waals surface area (Å²) in [6.45, 7) is 2.39. The van der Waals surface area contributed by atoms with Gasteiger partial charge < -0.3 is 14.7 Å². The molecule has 4 nitrogen and oxygen atoms in total. The zero-order chi connectivity index (χ0) is 15.1. The predicted molar refractivity (Wildman–Crippen MR) is 83.4 cm³/mol. The normalized spacial score (nSPS) is 17.9. The maximum absolute atomic E-state index is 12.4. The molecule has 0 aliphatic carbocycles. The molecule has 0 radical (unpaired) electrons. The van der Waals surface area contributed by atoms with Crippen molar-refractivity contribution in [1.82, 2.24) is 4.90 Å². The van der Waals surface area contributed by atoms with E-state index in [1.807, 2.05) is 18.5 Å². The number of aliphatic hydroxyl groups excluding tert-OH is 1. The van der Waals surface area contributed by atoms with Crippen LogP contribution in [0.3, 0.4) is 0 Å². The van der Waals surface area contributed by atoms with E-state index in [4.69, 9.17) is 9.84 Å². The van der Waals surface area contributed by atoms with E-state index in [9.17, 15) is 4.79 Å². The van der Waals surface area contributed by atoms with Crippen molar-refractivity contribution in [3.63, 3.8) is 0 Å². The van der Waals surface area contributed by atoms with E-state index in [0.29, 0.717) is 17.9 Å². The molecule has 1 aromatic rings. The fourth-order valence-corrected chi connectivity index (χ4v) is 3.11. The van der Waals surface area contributed by atoms with Gasteiger partial charge >= 0.3 is 0 Å². The molecule has 1 N–H and O–H groups in total. The Hall–Kier alpha value is -1.35. The second-order valence-electron chi connectivity index (χ2n) is 5.24. The molecule has 1 fully saturated rings. The molecule has 2 rings (SSSR count). The molecule has 0 spiro atoms. The van der Waals surface area contributed by atoms with Crippen LogP contribution in [0, 0.1) is 17.8 Å². The van der Waals surface area contributed by atoms with Gasteiger partial charge in [-0.2, -0.15) is 0 Å². The molecule has 2 heterocycles. The Labute approximate surface area is 129 Å². The van der Waals surface area contributed by atoms with Crippen molar-refractivity contribution >= 4 is 17.2 Å². The molecule has 0 aromatic carbocycles. The second-order valence-corrected chi connectivity index (χ2v) is 6.16. The van der Waals surface area contributed by atoms with Gasteiger partial charge in [-0.1, -0.05) is 11.8 Å². The van der Waals surface area contributed by atoms with Crippen LogP contribution in [0.5, 0.6) is 0 Å². The molecule has 1 aliphatic rings. The fraction of sp³-hybridized carbons (Fsp3) is 0.562. The molecule has 0 bridgehead atoms. The Kier molecular flexibility index (Phi) is 6.24. The Morgan fingerprint density at radius 2 is 2.48 bits per heavy atom. The molecule has 5 heteroatoms. The summed E-state index contributed by atoms with van der Waals surface area (Å²) in [4.78, 5) is 15.0. The van der Waals surface area contributed by atoms with Gasteiger partial charge in [0.1, 0.15) is 0 Å². The van der Waals surface area contributed by atoms with Gasteiger partial charge in [0.05, 0.1) is 23.7 Å². The van der Waals surface area contributed by atoms with E-state index < -0.39 is 0 Å². The van der Waals surface area contributed by atoms with E-state index in [1.165, 1.54) is 11.3 Å². The first kappa shape index (κ1) is 16.0. The molecular weight excluding hydrogens is 286 g/mol. The highest BCUT2D eigenvalue weighted by Gasteiger charge is 2.20. The van der Waals surface area contributed by atoms with Crippen LogP contribution in [0.4, 0.5) is 0 Å². The van der Waals surface area contributed by atoms with Gasteiger partial charge in [0, 0.05) is 32.0 Å². The lowest BCUT2D eigenvalue weighted by Crippen LogP contribution is -2.34. The summed E-state index contributed by atoms with van der Waals surface area (Å²) >= 11 is 1.46. The second kappa shape index (κ2) is 8.18. The van der Waals surface area contributed by atoms with Gasteiger partial charge in [0.15, 0.2) is 0 Å². The molecule has 21 heavy (non-hydrogen) atoms. The van der Waals surface area contributed by atoms with Gasteiger partial charge in [-0.25, -0.2) is 0 Å². The fourth-order valence-electron chi connectivity index (χ4n) is 2.36. The lowest BCUT2D eigenvalue weighted by Gasteiger charge is -2.26. The summed E-state index contributed by atoms with van der Waals surface area (Å²) in [6, 6.07) is 1.82. The summed E-state index contributed by atoms with van der Waals surface area (Å²) in [5.41, 5.74) is 0.688. The quantitative estimate of drug-likeness (QED) is 0.865. The number of hydrogen-bond donors (Lipinski definition) is 1. The van der Waals surface area contributed by atoms with E-state index in [1.54, 1.807) is 4.90 Å². The number of thiophene rings is 1. The molecule has 1 aliphatic heterocycles. The van der Waals surface area contributed by atoms with Crippen molar-refractivity contribution in [3.05, 3.63) is 21.9 Å². The van der Waals surface area contributed by atoms with Crippen LogP contribution >= 0.6 is 11.3 Å². The molecular formula is C16H21NO3S. The minimum absolute atomic E-state index is 0.0343. The van der Waals surface area contributed by atoms with E-state index in [0.717, 1.165) is 37.5 Å². The van der Waals surface area contributed by atoms with E-state index >= 15 is 0 Å². The topological polar surface area (TPSA) is 49.8 Å². The monoisotopic (exact) mass is 307 g/mol. The van der Waals surface area contributed by atoms with Crippen LogP contribution in [0.2, 0.25) is 0 Å². The molecule has 1 amide bonds. The van der Waals surface area contributed by atoms with Gasteiger partial charge in [-0.15, -0.1) is 11.3 Å². The summed E-state index contributed by atoms with van der Waals surface area (Å²) in [6.07, 6.45) is 2.66. The number of rotatable bonds is 4. The van der Waals surface area contributed by atoms with Crippen LogP contribution < -0.4 is 0 Å². The van der Waals surface area contributed by atoms with Crippen molar-refractivity contribution in [2.45, 2.75) is 19.3 Å². The highest BCUT2D eigenvalue weighted by molar-refractivity contribution is 7.10. The lowest BCUT2D eigenvalue weighted by molar-refractivity contribution is 0.0388. The van der Waals surface area contributed by atoms with Crippen LogP contribution in [0.25, 0.3) is 0 Å². The van der Waals surface area contributed by atoms with Crippen LogP contribution in [0.1, 0.15) is 34.5 Å². The van der Waals surface area contributed by atoms with Gasteiger partial charge in [0.25, 0.3) is 5.91 Å².